The van der Waals surface area contributed by atoms with Crippen molar-refractivity contribution in [2.45, 2.75) is 6.54 Å². The van der Waals surface area contributed by atoms with Crippen molar-refractivity contribution in [3.63, 3.8) is 0 Å². The molecule has 9 heteroatoms. The van der Waals surface area contributed by atoms with E-state index in [9.17, 15) is 9.59 Å². The number of carbonyl (C=O) groups is 2. The number of urea groups is 1. The maximum atomic E-state index is 11.5. The molecule has 1 aromatic carbocycles. The Kier molecular flexibility index (Phi) is 3.98. The Balaban J connectivity index is 1.89. The van der Waals surface area contributed by atoms with Gasteiger partial charge in [-0.15, -0.1) is 0 Å². The fourth-order valence-corrected chi connectivity index (χ4v) is 1.68. The lowest BCUT2D eigenvalue weighted by atomic mass is 10.1. The van der Waals surface area contributed by atoms with Crippen LogP contribution in [0.5, 0.6) is 0 Å². The molecular weight excluding hydrogens is 270 g/mol. The van der Waals surface area contributed by atoms with Crippen LogP contribution >= 0.6 is 11.5 Å². The number of carboxylic acids is 1. The Morgan fingerprint density at radius 1 is 1.37 bits per heavy atom. The number of nitrogens with zero attached hydrogens (tertiary/aromatic N) is 3. The van der Waals surface area contributed by atoms with Crippen LogP contribution in [0.2, 0.25) is 0 Å². The molecule has 8 nitrogen and oxygen atoms in total. The van der Waals surface area contributed by atoms with E-state index in [1.54, 1.807) is 12.1 Å². The Morgan fingerprint density at radius 3 is 2.89 bits per heavy atom. The topological polar surface area (TPSA) is 117 Å². The minimum absolute atomic E-state index is 0.174. The summed E-state index contributed by atoms with van der Waals surface area (Å²) in [5.74, 6) is -1.01. The van der Waals surface area contributed by atoms with Crippen LogP contribution in [0.25, 0.3) is 0 Å². The van der Waals surface area contributed by atoms with Crippen LogP contribution in [-0.4, -0.2) is 31.9 Å². The Morgan fingerprint density at radius 2 is 2.21 bits per heavy atom. The van der Waals surface area contributed by atoms with E-state index >= 15 is 0 Å². The number of carbonyl (C=O) groups excluding carboxylic acids is 1. The highest BCUT2D eigenvalue weighted by atomic mass is 32.1. The molecule has 0 unspecified atom stereocenters. The minimum atomic E-state index is -1.01. The molecule has 98 valence electrons. The fourth-order valence-electron chi connectivity index (χ4n) is 1.32. The molecule has 0 aliphatic rings. The van der Waals surface area contributed by atoms with E-state index < -0.39 is 12.0 Å². The summed E-state index contributed by atoms with van der Waals surface area (Å²) in [6.07, 6.45) is 0. The maximum absolute atomic E-state index is 11.5. The second-order valence-electron chi connectivity index (χ2n) is 3.48. The Labute approximate surface area is 111 Å². The largest absolute Gasteiger partial charge is 0.478 e. The van der Waals surface area contributed by atoms with Crippen molar-refractivity contribution in [2.75, 3.05) is 5.32 Å². The smallest absolute Gasteiger partial charge is 0.335 e. The standard InChI is InChI=1S/C10H9N5O3S/c16-8(17)7-3-1-2-6(4-7)5-11-9(18)12-10-13-14-15-19-10/h1-4H,5H2,(H,16,17)(H2,11,12,13,15,18). The van der Waals surface area contributed by atoms with Gasteiger partial charge in [0.2, 0.25) is 5.13 Å². The number of amides is 2. The first-order valence-corrected chi connectivity index (χ1v) is 5.94. The molecule has 3 N–H and O–H groups in total. The predicted molar refractivity (Wildman–Crippen MR) is 67.0 cm³/mol. The molecule has 2 amide bonds. The van der Waals surface area contributed by atoms with E-state index in [0.29, 0.717) is 5.56 Å². The van der Waals surface area contributed by atoms with Gasteiger partial charge >= 0.3 is 12.0 Å². The van der Waals surface area contributed by atoms with Crippen LogP contribution in [-0.2, 0) is 6.54 Å². The van der Waals surface area contributed by atoms with Crippen molar-refractivity contribution in [3.05, 3.63) is 35.4 Å². The third-order valence-electron chi connectivity index (χ3n) is 2.15. The van der Waals surface area contributed by atoms with Gasteiger partial charge in [-0.1, -0.05) is 21.7 Å². The van der Waals surface area contributed by atoms with Crippen LogP contribution in [0, 0.1) is 0 Å². The molecule has 0 fully saturated rings. The summed E-state index contributed by atoms with van der Waals surface area (Å²) in [6.45, 7) is 0.208. The second-order valence-corrected chi connectivity index (χ2v) is 4.21. The van der Waals surface area contributed by atoms with Gasteiger partial charge in [0.05, 0.1) is 5.56 Å². The molecule has 1 aromatic heterocycles. The quantitative estimate of drug-likeness (QED) is 0.767. The minimum Gasteiger partial charge on any atom is -0.478 e. The first-order chi connectivity index (χ1) is 9.15. The van der Waals surface area contributed by atoms with Crippen molar-refractivity contribution in [3.8, 4) is 0 Å². The third-order valence-corrected chi connectivity index (χ3v) is 2.66. The van der Waals surface area contributed by atoms with Gasteiger partial charge in [-0.25, -0.2) is 9.59 Å². The van der Waals surface area contributed by atoms with Gasteiger partial charge in [-0.2, -0.15) is 0 Å². The van der Waals surface area contributed by atoms with Crippen LogP contribution in [0.3, 0.4) is 0 Å². The first-order valence-electron chi connectivity index (χ1n) is 5.17. The lowest BCUT2D eigenvalue weighted by Gasteiger charge is -2.05. The van der Waals surface area contributed by atoms with Crippen molar-refractivity contribution in [2.24, 2.45) is 0 Å². The maximum Gasteiger partial charge on any atom is 0.335 e. The van der Waals surface area contributed by atoms with Gasteiger partial charge in [0.15, 0.2) is 0 Å². The van der Waals surface area contributed by atoms with Gasteiger partial charge in [-0.05, 0) is 22.9 Å². The monoisotopic (exact) mass is 279 g/mol. The molecule has 1 heterocycles. The van der Waals surface area contributed by atoms with Crippen LogP contribution < -0.4 is 10.6 Å². The highest BCUT2D eigenvalue weighted by molar-refractivity contribution is 7.09. The summed E-state index contributed by atoms with van der Waals surface area (Å²) in [7, 11) is 0. The molecule has 2 rings (SSSR count). The van der Waals surface area contributed by atoms with Crippen LogP contribution in [0.15, 0.2) is 24.3 Å². The highest BCUT2D eigenvalue weighted by Crippen LogP contribution is 2.06. The zero-order chi connectivity index (χ0) is 13.7. The van der Waals surface area contributed by atoms with Crippen LogP contribution in [0.4, 0.5) is 9.93 Å². The zero-order valence-electron chi connectivity index (χ0n) is 9.53. The first kappa shape index (κ1) is 12.9. The van der Waals surface area contributed by atoms with Gasteiger partial charge in [0.25, 0.3) is 0 Å². The number of rotatable bonds is 4. The van der Waals surface area contributed by atoms with E-state index in [1.165, 1.54) is 12.1 Å². The average Bonchev–Trinajstić information content (AvgIpc) is 2.89. The van der Waals surface area contributed by atoms with Gasteiger partial charge in [-0.3, -0.25) is 5.32 Å². The number of hydrogen-bond acceptors (Lipinski definition) is 6. The molecule has 2 aromatic rings. The van der Waals surface area contributed by atoms with E-state index in [2.05, 4.69) is 25.4 Å². The molecule has 0 atom stereocenters. The number of aromatic carboxylic acids is 1. The normalized spacial score (nSPS) is 9.89. The molecule has 19 heavy (non-hydrogen) atoms. The van der Waals surface area contributed by atoms with E-state index in [0.717, 1.165) is 11.5 Å². The van der Waals surface area contributed by atoms with E-state index in [1.807, 2.05) is 0 Å². The molecule has 0 spiro atoms. The fraction of sp³-hybridized carbons (Fsp3) is 0.100. The van der Waals surface area contributed by atoms with Crippen molar-refractivity contribution in [1.29, 1.82) is 0 Å². The SMILES string of the molecule is O=C(NCc1cccc(C(=O)O)c1)Nc1nnns1. The second kappa shape index (κ2) is 5.87. The van der Waals surface area contributed by atoms with Crippen molar-refractivity contribution < 1.29 is 14.7 Å². The number of benzene rings is 1. The Hall–Kier alpha value is -2.55. The van der Waals surface area contributed by atoms with Crippen molar-refractivity contribution >= 4 is 28.7 Å². The number of aromatic nitrogens is 3. The predicted octanol–water partition coefficient (Wildman–Crippen LogP) is 0.953. The van der Waals surface area contributed by atoms with Gasteiger partial charge in [0.1, 0.15) is 0 Å². The number of hydrogen-bond donors (Lipinski definition) is 3. The molecule has 0 saturated heterocycles. The summed E-state index contributed by atoms with van der Waals surface area (Å²) in [5, 5.41) is 21.0. The molecule has 0 aliphatic heterocycles. The molecule has 0 radical (unpaired) electrons. The lowest BCUT2D eigenvalue weighted by Crippen LogP contribution is -2.28. The van der Waals surface area contributed by atoms with Gasteiger partial charge in [0, 0.05) is 18.1 Å². The summed E-state index contributed by atoms with van der Waals surface area (Å²) in [6, 6.07) is 5.86. The molecular formula is C10H9N5O3S. The van der Waals surface area contributed by atoms with E-state index in [-0.39, 0.29) is 17.2 Å². The summed E-state index contributed by atoms with van der Waals surface area (Å²) < 4.78 is 3.50. The molecule has 0 bridgehead atoms. The number of carboxylic acid groups (broad SMARTS) is 1. The number of nitrogens with one attached hydrogen (secondary N) is 2. The molecule has 0 aliphatic carbocycles. The summed E-state index contributed by atoms with van der Waals surface area (Å²) in [5.41, 5.74) is 0.860. The van der Waals surface area contributed by atoms with Gasteiger partial charge < -0.3 is 10.4 Å². The van der Waals surface area contributed by atoms with Crippen LogP contribution in [0.1, 0.15) is 15.9 Å². The summed E-state index contributed by atoms with van der Waals surface area (Å²) >= 11 is 0.957. The Bertz CT molecular complexity index is 587. The number of anilines is 1. The average molecular weight is 279 g/mol. The zero-order valence-corrected chi connectivity index (χ0v) is 10.3. The molecule has 0 saturated carbocycles. The van der Waals surface area contributed by atoms with E-state index in [4.69, 9.17) is 5.11 Å². The highest BCUT2D eigenvalue weighted by Gasteiger charge is 2.06. The lowest BCUT2D eigenvalue weighted by molar-refractivity contribution is 0.0696. The summed E-state index contributed by atoms with van der Waals surface area (Å²) in [4.78, 5) is 22.3. The van der Waals surface area contributed by atoms with Crippen molar-refractivity contribution in [1.82, 2.24) is 20.1 Å². The third kappa shape index (κ3) is 3.71.